The molecule has 21 heavy (non-hydrogen) atoms. The number of carbonyl (C=O) groups is 1. The zero-order valence-electron chi connectivity index (χ0n) is 13.8. The van der Waals surface area contributed by atoms with Crippen LogP contribution in [0.5, 0.6) is 0 Å². The third-order valence-corrected chi connectivity index (χ3v) is 3.38. The summed E-state index contributed by atoms with van der Waals surface area (Å²) in [6.45, 7) is 12.5. The minimum Gasteiger partial charge on any atom is -0.370 e. The number of anilines is 2. The normalized spacial score (nSPS) is 10.3. The van der Waals surface area contributed by atoms with Crippen LogP contribution in [0.1, 0.15) is 39.1 Å². The molecule has 2 N–H and O–H groups in total. The zero-order valence-corrected chi connectivity index (χ0v) is 13.8. The molecule has 0 fully saturated rings. The summed E-state index contributed by atoms with van der Waals surface area (Å²) in [6, 6.07) is 0. The highest BCUT2D eigenvalue weighted by molar-refractivity contribution is 5.81. The van der Waals surface area contributed by atoms with Crippen molar-refractivity contribution < 1.29 is 4.79 Å². The van der Waals surface area contributed by atoms with E-state index in [1.165, 1.54) is 0 Å². The van der Waals surface area contributed by atoms with E-state index >= 15 is 0 Å². The molecule has 0 aliphatic heterocycles. The first-order valence-electron chi connectivity index (χ1n) is 7.70. The summed E-state index contributed by atoms with van der Waals surface area (Å²) >= 11 is 0. The Labute approximate surface area is 127 Å². The molecule has 0 aliphatic rings. The first-order valence-corrected chi connectivity index (χ1v) is 7.70. The van der Waals surface area contributed by atoms with Crippen molar-refractivity contribution in [1.29, 1.82) is 0 Å². The highest BCUT2D eigenvalue weighted by atomic mass is 16.2. The number of nitrogens with one attached hydrogen (secondary N) is 2. The van der Waals surface area contributed by atoms with Crippen LogP contribution in [0.4, 0.5) is 11.6 Å². The van der Waals surface area contributed by atoms with Gasteiger partial charge in [-0.05, 0) is 27.7 Å². The van der Waals surface area contributed by atoms with E-state index in [2.05, 4.69) is 20.6 Å². The number of aryl methyl sites for hydroxylation is 1. The molecule has 0 unspecified atom stereocenters. The number of hydrogen-bond donors (Lipinski definition) is 2. The lowest BCUT2D eigenvalue weighted by Crippen LogP contribution is -2.35. The fourth-order valence-electron chi connectivity index (χ4n) is 2.08. The number of amides is 1. The van der Waals surface area contributed by atoms with Crippen LogP contribution in [-0.4, -0.2) is 47.0 Å². The van der Waals surface area contributed by atoms with E-state index in [9.17, 15) is 4.79 Å². The van der Waals surface area contributed by atoms with Gasteiger partial charge in [-0.15, -0.1) is 0 Å². The van der Waals surface area contributed by atoms with Gasteiger partial charge >= 0.3 is 0 Å². The van der Waals surface area contributed by atoms with Crippen LogP contribution in [0.3, 0.4) is 0 Å². The molecule has 6 heteroatoms. The maximum Gasteiger partial charge on any atom is 0.241 e. The molecule has 0 bridgehead atoms. The number of aromatic nitrogens is 2. The van der Waals surface area contributed by atoms with Gasteiger partial charge in [0.1, 0.15) is 17.5 Å². The fourth-order valence-corrected chi connectivity index (χ4v) is 2.08. The number of rotatable bonds is 8. The predicted octanol–water partition coefficient (Wildman–Crippen LogP) is 2.06. The number of hydrogen-bond acceptors (Lipinski definition) is 5. The van der Waals surface area contributed by atoms with Gasteiger partial charge < -0.3 is 15.5 Å². The Morgan fingerprint density at radius 2 is 1.62 bits per heavy atom. The van der Waals surface area contributed by atoms with Crippen LogP contribution in [0.25, 0.3) is 0 Å². The molecule has 0 spiro atoms. The Bertz CT molecular complexity index is 471. The van der Waals surface area contributed by atoms with Crippen LogP contribution in [0.15, 0.2) is 0 Å². The van der Waals surface area contributed by atoms with E-state index in [-0.39, 0.29) is 12.5 Å². The highest BCUT2D eigenvalue weighted by Crippen LogP contribution is 2.20. The molecular formula is C15H27N5O. The molecule has 1 heterocycles. The third kappa shape index (κ3) is 4.58. The van der Waals surface area contributed by atoms with Crippen molar-refractivity contribution in [2.75, 3.05) is 36.8 Å². The van der Waals surface area contributed by atoms with E-state index in [1.54, 1.807) is 4.90 Å². The van der Waals surface area contributed by atoms with Crippen molar-refractivity contribution in [3.63, 3.8) is 0 Å². The van der Waals surface area contributed by atoms with Gasteiger partial charge in [0.2, 0.25) is 5.91 Å². The molecule has 0 aromatic carbocycles. The number of nitrogens with zero attached hydrogens (tertiary/aromatic N) is 3. The Balaban J connectivity index is 2.87. The highest BCUT2D eigenvalue weighted by Gasteiger charge is 2.13. The second-order valence-corrected chi connectivity index (χ2v) is 4.77. The zero-order chi connectivity index (χ0) is 15.8. The minimum atomic E-state index is 0.0843. The van der Waals surface area contributed by atoms with Crippen molar-refractivity contribution in [3.05, 3.63) is 11.4 Å². The van der Waals surface area contributed by atoms with Gasteiger partial charge in [0.25, 0.3) is 0 Å². The topological polar surface area (TPSA) is 70.1 Å². The predicted molar refractivity (Wildman–Crippen MR) is 86.7 cm³/mol. The Hall–Kier alpha value is -1.85. The molecule has 1 amide bonds. The quantitative estimate of drug-likeness (QED) is 0.768. The molecule has 1 aromatic heterocycles. The largest absolute Gasteiger partial charge is 0.370 e. The molecule has 1 aromatic rings. The molecule has 0 radical (unpaired) electrons. The van der Waals surface area contributed by atoms with Crippen LogP contribution in [-0.2, 0) is 11.2 Å². The second kappa shape index (κ2) is 8.44. The summed E-state index contributed by atoms with van der Waals surface area (Å²) in [5.74, 6) is 2.43. The van der Waals surface area contributed by atoms with E-state index in [4.69, 9.17) is 0 Å². The summed E-state index contributed by atoms with van der Waals surface area (Å²) in [4.78, 5) is 22.8. The van der Waals surface area contributed by atoms with Crippen molar-refractivity contribution in [2.24, 2.45) is 0 Å². The van der Waals surface area contributed by atoms with Crippen LogP contribution < -0.4 is 10.6 Å². The Morgan fingerprint density at radius 1 is 1.05 bits per heavy atom. The second-order valence-electron chi connectivity index (χ2n) is 4.77. The lowest BCUT2D eigenvalue weighted by molar-refractivity contribution is -0.128. The molecule has 1 rings (SSSR count). The first kappa shape index (κ1) is 17.2. The number of carbonyl (C=O) groups excluding carboxylic acids is 1. The van der Waals surface area contributed by atoms with Crippen molar-refractivity contribution in [1.82, 2.24) is 14.9 Å². The molecule has 0 saturated heterocycles. The van der Waals surface area contributed by atoms with Crippen LogP contribution >= 0.6 is 0 Å². The van der Waals surface area contributed by atoms with E-state index in [0.717, 1.165) is 49.1 Å². The van der Waals surface area contributed by atoms with Gasteiger partial charge in [0.05, 0.1) is 6.54 Å². The Kier molecular flexibility index (Phi) is 6.91. The first-order chi connectivity index (χ1) is 10.1. The van der Waals surface area contributed by atoms with Crippen molar-refractivity contribution in [3.8, 4) is 0 Å². The fraction of sp³-hybridized carbons (Fsp3) is 0.667. The maximum absolute atomic E-state index is 12.1. The lowest BCUT2D eigenvalue weighted by Gasteiger charge is -2.20. The molecule has 0 atom stereocenters. The van der Waals surface area contributed by atoms with E-state index in [1.807, 2.05) is 34.6 Å². The standard InChI is InChI=1S/C15H27N5O/c1-6-12-18-14(16-7-2)11(5)15(19-12)17-10-13(21)20(8-3)9-4/h6-10H2,1-5H3,(H2,16,17,18,19). The van der Waals surface area contributed by atoms with Crippen molar-refractivity contribution in [2.45, 2.75) is 41.0 Å². The smallest absolute Gasteiger partial charge is 0.241 e. The van der Waals surface area contributed by atoms with Crippen LogP contribution in [0, 0.1) is 6.92 Å². The molecule has 0 aliphatic carbocycles. The third-order valence-electron chi connectivity index (χ3n) is 3.38. The van der Waals surface area contributed by atoms with Gasteiger partial charge in [0, 0.05) is 31.6 Å². The summed E-state index contributed by atoms with van der Waals surface area (Å²) < 4.78 is 0. The van der Waals surface area contributed by atoms with Gasteiger partial charge in [-0.2, -0.15) is 0 Å². The Morgan fingerprint density at radius 3 is 2.10 bits per heavy atom. The summed E-state index contributed by atoms with van der Waals surface area (Å²) in [5.41, 5.74) is 0.946. The maximum atomic E-state index is 12.1. The van der Waals surface area contributed by atoms with E-state index in [0.29, 0.717) is 0 Å². The van der Waals surface area contributed by atoms with Gasteiger partial charge in [-0.25, -0.2) is 9.97 Å². The van der Waals surface area contributed by atoms with Gasteiger partial charge in [0.15, 0.2) is 0 Å². The SMILES string of the molecule is CCNc1nc(CC)nc(NCC(=O)N(CC)CC)c1C. The minimum absolute atomic E-state index is 0.0843. The monoisotopic (exact) mass is 293 g/mol. The molecular weight excluding hydrogens is 266 g/mol. The molecule has 6 nitrogen and oxygen atoms in total. The lowest BCUT2D eigenvalue weighted by atomic mass is 10.3. The van der Waals surface area contributed by atoms with Crippen LogP contribution in [0.2, 0.25) is 0 Å². The van der Waals surface area contributed by atoms with Gasteiger partial charge in [-0.3, -0.25) is 4.79 Å². The molecule has 0 saturated carbocycles. The summed E-state index contributed by atoms with van der Waals surface area (Å²) in [6.07, 6.45) is 0.761. The average molecular weight is 293 g/mol. The molecule has 118 valence electrons. The van der Waals surface area contributed by atoms with E-state index < -0.39 is 0 Å². The summed E-state index contributed by atoms with van der Waals surface area (Å²) in [7, 11) is 0. The summed E-state index contributed by atoms with van der Waals surface area (Å²) in [5, 5.41) is 6.39. The van der Waals surface area contributed by atoms with Crippen molar-refractivity contribution >= 4 is 17.5 Å². The number of likely N-dealkylation sites (N-methyl/N-ethyl adjacent to an activating group) is 1. The average Bonchev–Trinajstić information content (AvgIpc) is 2.49. The van der Waals surface area contributed by atoms with Gasteiger partial charge in [-0.1, -0.05) is 6.92 Å².